The van der Waals surface area contributed by atoms with Crippen molar-refractivity contribution in [1.82, 2.24) is 0 Å². The molecule has 0 heterocycles. The van der Waals surface area contributed by atoms with Gasteiger partial charge < -0.3 is 9.90 Å². The fourth-order valence-corrected chi connectivity index (χ4v) is 0.900. The van der Waals surface area contributed by atoms with Gasteiger partial charge in [-0.25, -0.2) is 0 Å². The normalized spacial score (nSPS) is 8.92. The number of carboxylic acid groups (broad SMARTS) is 1. The summed E-state index contributed by atoms with van der Waals surface area (Å²) in [5.41, 5.74) is 0.807. The number of aromatic carboxylic acids is 1. The fourth-order valence-electron chi connectivity index (χ4n) is 0.900. The largest absolute Gasteiger partial charge is 0.545 e. The standard InChI is InChI=1S/C9H7NO2/c10-5-4-7-2-1-3-8(6-7)9(11)12/h1-3,6H,4H2,(H,11,12)/p-1. The maximum Gasteiger partial charge on any atom is 0.0715 e. The van der Waals surface area contributed by atoms with Crippen LogP contribution in [0.15, 0.2) is 24.3 Å². The first-order valence-electron chi connectivity index (χ1n) is 3.41. The van der Waals surface area contributed by atoms with Gasteiger partial charge >= 0.3 is 0 Å². The fraction of sp³-hybridized carbons (Fsp3) is 0.111. The van der Waals surface area contributed by atoms with E-state index >= 15 is 0 Å². The zero-order valence-corrected chi connectivity index (χ0v) is 6.28. The summed E-state index contributed by atoms with van der Waals surface area (Å²) in [6, 6.07) is 8.12. The summed E-state index contributed by atoms with van der Waals surface area (Å²) in [5, 5.41) is 18.7. The van der Waals surface area contributed by atoms with Crippen LogP contribution in [0.4, 0.5) is 0 Å². The zero-order chi connectivity index (χ0) is 8.97. The predicted octanol–water partition coefficient (Wildman–Crippen LogP) is 0.116. The summed E-state index contributed by atoms with van der Waals surface area (Å²) in [7, 11) is 0. The van der Waals surface area contributed by atoms with Crippen LogP contribution in [0.2, 0.25) is 0 Å². The molecule has 3 nitrogen and oxygen atoms in total. The number of carbonyl (C=O) groups is 1. The van der Waals surface area contributed by atoms with E-state index in [2.05, 4.69) is 0 Å². The average Bonchev–Trinajstić information content (AvgIpc) is 2.05. The van der Waals surface area contributed by atoms with E-state index in [0.29, 0.717) is 5.56 Å². The monoisotopic (exact) mass is 160 g/mol. The van der Waals surface area contributed by atoms with Crippen LogP contribution in [0.1, 0.15) is 15.9 Å². The van der Waals surface area contributed by atoms with Crippen LogP contribution in [0.3, 0.4) is 0 Å². The molecule has 0 aliphatic heterocycles. The lowest BCUT2D eigenvalue weighted by Crippen LogP contribution is -2.22. The Labute approximate surface area is 69.9 Å². The molecule has 0 amide bonds. The van der Waals surface area contributed by atoms with Gasteiger partial charge in [0.15, 0.2) is 0 Å². The number of carbonyl (C=O) groups excluding carboxylic acids is 1. The summed E-state index contributed by atoms with van der Waals surface area (Å²) >= 11 is 0. The molecule has 1 aromatic rings. The number of hydrogen-bond donors (Lipinski definition) is 0. The van der Waals surface area contributed by atoms with Gasteiger partial charge in [-0.15, -0.1) is 0 Å². The van der Waals surface area contributed by atoms with Crippen LogP contribution >= 0.6 is 0 Å². The van der Waals surface area contributed by atoms with Crippen molar-refractivity contribution < 1.29 is 9.90 Å². The second kappa shape index (κ2) is 3.54. The van der Waals surface area contributed by atoms with Gasteiger partial charge in [0.25, 0.3) is 0 Å². The molecule has 60 valence electrons. The average molecular weight is 160 g/mol. The number of nitriles is 1. The van der Waals surface area contributed by atoms with Gasteiger partial charge in [-0.1, -0.05) is 18.2 Å². The number of hydrogen-bond acceptors (Lipinski definition) is 3. The van der Waals surface area contributed by atoms with E-state index in [1.807, 2.05) is 6.07 Å². The van der Waals surface area contributed by atoms with Gasteiger partial charge in [0.1, 0.15) is 0 Å². The SMILES string of the molecule is N#CCc1cccc(C(=O)[O-])c1. The molecule has 0 aliphatic carbocycles. The Morgan fingerprint density at radius 1 is 1.58 bits per heavy atom. The van der Waals surface area contributed by atoms with E-state index in [1.165, 1.54) is 12.1 Å². The Hall–Kier alpha value is -1.82. The predicted molar refractivity (Wildman–Crippen MR) is 40.1 cm³/mol. The highest BCUT2D eigenvalue weighted by Gasteiger charge is 1.94. The van der Waals surface area contributed by atoms with E-state index in [-0.39, 0.29) is 12.0 Å². The molecule has 0 aromatic heterocycles. The van der Waals surface area contributed by atoms with Gasteiger partial charge in [0.2, 0.25) is 0 Å². The molecule has 0 aliphatic rings. The third-order valence-electron chi connectivity index (χ3n) is 1.45. The maximum absolute atomic E-state index is 10.4. The smallest absolute Gasteiger partial charge is 0.0715 e. The second-order valence-electron chi connectivity index (χ2n) is 2.32. The molecule has 1 rings (SSSR count). The highest BCUT2D eigenvalue weighted by molar-refractivity contribution is 5.85. The molecule has 0 unspecified atom stereocenters. The topological polar surface area (TPSA) is 63.9 Å². The van der Waals surface area contributed by atoms with E-state index in [1.54, 1.807) is 12.1 Å². The van der Waals surface area contributed by atoms with Crippen molar-refractivity contribution in [3.63, 3.8) is 0 Å². The first-order valence-corrected chi connectivity index (χ1v) is 3.41. The number of benzene rings is 1. The molecule has 0 saturated heterocycles. The third-order valence-corrected chi connectivity index (χ3v) is 1.45. The lowest BCUT2D eigenvalue weighted by Gasteiger charge is -2.02. The van der Waals surface area contributed by atoms with E-state index in [9.17, 15) is 9.90 Å². The van der Waals surface area contributed by atoms with Gasteiger partial charge in [0, 0.05) is 0 Å². The van der Waals surface area contributed by atoms with Gasteiger partial charge in [-0.05, 0) is 17.2 Å². The number of nitrogens with zero attached hydrogens (tertiary/aromatic N) is 1. The minimum atomic E-state index is -1.21. The van der Waals surface area contributed by atoms with Crippen molar-refractivity contribution in [3.05, 3.63) is 35.4 Å². The minimum absolute atomic E-state index is 0.114. The van der Waals surface area contributed by atoms with Crippen molar-refractivity contribution in [2.24, 2.45) is 0 Å². The van der Waals surface area contributed by atoms with E-state index in [4.69, 9.17) is 5.26 Å². The number of carboxylic acids is 1. The number of rotatable bonds is 2. The Kier molecular flexibility index (Phi) is 2.44. The van der Waals surface area contributed by atoms with E-state index in [0.717, 1.165) is 0 Å². The van der Waals surface area contributed by atoms with E-state index < -0.39 is 5.97 Å². The molecule has 1 aromatic carbocycles. The molecular formula is C9H6NO2-. The van der Waals surface area contributed by atoms with Gasteiger partial charge in [-0.3, -0.25) is 0 Å². The lowest BCUT2D eigenvalue weighted by molar-refractivity contribution is -0.255. The molecule has 0 radical (unpaired) electrons. The summed E-state index contributed by atoms with van der Waals surface area (Å²) in [5.74, 6) is -1.21. The molecule has 0 atom stereocenters. The highest BCUT2D eigenvalue weighted by atomic mass is 16.4. The summed E-state index contributed by atoms with van der Waals surface area (Å²) in [6.45, 7) is 0. The van der Waals surface area contributed by atoms with Crippen molar-refractivity contribution in [2.45, 2.75) is 6.42 Å². The van der Waals surface area contributed by atoms with Crippen LogP contribution in [0.5, 0.6) is 0 Å². The Morgan fingerprint density at radius 3 is 2.92 bits per heavy atom. The second-order valence-corrected chi connectivity index (χ2v) is 2.32. The summed E-state index contributed by atoms with van der Waals surface area (Å²) in [4.78, 5) is 10.4. The highest BCUT2D eigenvalue weighted by Crippen LogP contribution is 2.04. The first kappa shape index (κ1) is 8.28. The molecule has 0 fully saturated rings. The van der Waals surface area contributed by atoms with Crippen LogP contribution in [0, 0.1) is 11.3 Å². The van der Waals surface area contributed by atoms with Crippen LogP contribution in [-0.2, 0) is 6.42 Å². The Balaban J connectivity index is 2.97. The van der Waals surface area contributed by atoms with Crippen LogP contribution < -0.4 is 5.11 Å². The molecule has 0 saturated carbocycles. The quantitative estimate of drug-likeness (QED) is 0.617. The van der Waals surface area contributed by atoms with Crippen LogP contribution in [0.25, 0.3) is 0 Å². The minimum Gasteiger partial charge on any atom is -0.545 e. The first-order chi connectivity index (χ1) is 5.74. The summed E-state index contributed by atoms with van der Waals surface area (Å²) in [6.07, 6.45) is 0.223. The van der Waals surface area contributed by atoms with Crippen molar-refractivity contribution >= 4 is 5.97 Å². The molecule has 0 spiro atoms. The van der Waals surface area contributed by atoms with Crippen molar-refractivity contribution in [2.75, 3.05) is 0 Å². The molecule has 0 bridgehead atoms. The molecular weight excluding hydrogens is 154 g/mol. The van der Waals surface area contributed by atoms with Gasteiger partial charge in [-0.2, -0.15) is 5.26 Å². The lowest BCUT2D eigenvalue weighted by atomic mass is 10.1. The molecule has 3 heteroatoms. The summed E-state index contributed by atoms with van der Waals surface area (Å²) < 4.78 is 0. The molecule has 12 heavy (non-hydrogen) atoms. The van der Waals surface area contributed by atoms with Crippen molar-refractivity contribution in [3.8, 4) is 6.07 Å². The van der Waals surface area contributed by atoms with Crippen molar-refractivity contribution in [1.29, 1.82) is 5.26 Å². The van der Waals surface area contributed by atoms with Crippen LogP contribution in [-0.4, -0.2) is 5.97 Å². The third kappa shape index (κ3) is 1.83. The Morgan fingerprint density at radius 2 is 2.33 bits per heavy atom. The van der Waals surface area contributed by atoms with Gasteiger partial charge in [0.05, 0.1) is 18.5 Å². The molecule has 0 N–H and O–H groups in total. The zero-order valence-electron chi connectivity index (χ0n) is 6.28. The maximum atomic E-state index is 10.4. The Bertz CT molecular complexity index is 339.